The third-order valence-electron chi connectivity index (χ3n) is 3.61. The van der Waals surface area contributed by atoms with Crippen LogP contribution in [-0.4, -0.2) is 36.9 Å². The molecule has 5 heteroatoms. The maximum absolute atomic E-state index is 10.8. The van der Waals surface area contributed by atoms with Crippen LogP contribution in [0.3, 0.4) is 0 Å². The quantitative estimate of drug-likeness (QED) is 0.685. The summed E-state index contributed by atoms with van der Waals surface area (Å²) >= 11 is 0. The van der Waals surface area contributed by atoms with Gasteiger partial charge in [-0.1, -0.05) is 13.8 Å². The van der Waals surface area contributed by atoms with Gasteiger partial charge < -0.3 is 14.2 Å². The largest absolute Gasteiger partial charge is 0.463 e. The molecule has 0 bridgehead atoms. The molecule has 0 radical (unpaired) electrons. The first-order chi connectivity index (χ1) is 7.99. The number of aliphatic imine (C=N–C) groups is 1. The summed E-state index contributed by atoms with van der Waals surface area (Å²) in [6.07, 6.45) is -0.432. The standard InChI is InChI=1S/C12H19NO4/c1-6-7(2)11-12(16-8(3)13-11)17-10(6)5-15-9(4)14/h6-7,10-12H,5H2,1-4H3/t6-,7+,10?,11?,12?/m1/s1. The number of carbonyl (C=O) groups is 1. The van der Waals surface area contributed by atoms with Crippen LogP contribution in [-0.2, 0) is 19.0 Å². The van der Waals surface area contributed by atoms with E-state index in [9.17, 15) is 4.79 Å². The maximum Gasteiger partial charge on any atom is 0.302 e. The van der Waals surface area contributed by atoms with Gasteiger partial charge in [-0.2, -0.15) is 0 Å². The van der Waals surface area contributed by atoms with E-state index in [0.717, 1.165) is 0 Å². The zero-order valence-electron chi connectivity index (χ0n) is 10.7. The first kappa shape index (κ1) is 12.4. The summed E-state index contributed by atoms with van der Waals surface area (Å²) in [5, 5.41) is 0. The van der Waals surface area contributed by atoms with E-state index in [1.54, 1.807) is 0 Å². The predicted octanol–water partition coefficient (Wildman–Crippen LogP) is 1.36. The van der Waals surface area contributed by atoms with Crippen molar-refractivity contribution in [3.8, 4) is 0 Å². The van der Waals surface area contributed by atoms with Gasteiger partial charge in [-0.05, 0) is 11.8 Å². The molecule has 2 aliphatic heterocycles. The fourth-order valence-electron chi connectivity index (χ4n) is 2.35. The van der Waals surface area contributed by atoms with E-state index in [2.05, 4.69) is 18.8 Å². The lowest BCUT2D eigenvalue weighted by Crippen LogP contribution is -2.49. The maximum atomic E-state index is 10.8. The van der Waals surface area contributed by atoms with E-state index in [-0.39, 0.29) is 36.9 Å². The third kappa shape index (κ3) is 2.44. The molecule has 2 heterocycles. The summed E-state index contributed by atoms with van der Waals surface area (Å²) in [4.78, 5) is 15.3. The Morgan fingerprint density at radius 2 is 2.12 bits per heavy atom. The molecule has 0 aliphatic carbocycles. The minimum Gasteiger partial charge on any atom is -0.463 e. The number of fused-ring (bicyclic) bond motifs is 1. The Bertz CT molecular complexity index is 341. The van der Waals surface area contributed by atoms with Gasteiger partial charge in [0.2, 0.25) is 6.29 Å². The molecular weight excluding hydrogens is 222 g/mol. The third-order valence-corrected chi connectivity index (χ3v) is 3.61. The lowest BCUT2D eigenvalue weighted by Gasteiger charge is -2.39. The summed E-state index contributed by atoms with van der Waals surface area (Å²) in [6, 6.07) is 0.0681. The highest BCUT2D eigenvalue weighted by Crippen LogP contribution is 2.36. The van der Waals surface area contributed by atoms with Crippen LogP contribution >= 0.6 is 0 Å². The van der Waals surface area contributed by atoms with Crippen molar-refractivity contribution in [1.29, 1.82) is 0 Å². The molecule has 2 aliphatic rings. The fourth-order valence-corrected chi connectivity index (χ4v) is 2.35. The van der Waals surface area contributed by atoms with Crippen LogP contribution in [0.4, 0.5) is 0 Å². The van der Waals surface area contributed by atoms with Gasteiger partial charge in [-0.25, -0.2) is 4.99 Å². The van der Waals surface area contributed by atoms with E-state index >= 15 is 0 Å². The highest BCUT2D eigenvalue weighted by molar-refractivity contribution is 5.75. The molecular formula is C12H19NO4. The number of hydrogen-bond acceptors (Lipinski definition) is 5. The minimum absolute atomic E-state index is 0.0681. The van der Waals surface area contributed by atoms with Crippen molar-refractivity contribution in [2.45, 2.75) is 46.1 Å². The second-order valence-corrected chi connectivity index (χ2v) is 4.82. The number of rotatable bonds is 2. The normalized spacial score (nSPS) is 40.2. The molecule has 0 saturated carbocycles. The Kier molecular flexibility index (Phi) is 3.38. The molecule has 17 heavy (non-hydrogen) atoms. The summed E-state index contributed by atoms with van der Waals surface area (Å²) in [5.41, 5.74) is 0. The van der Waals surface area contributed by atoms with E-state index in [1.807, 2.05) is 6.92 Å². The highest BCUT2D eigenvalue weighted by atomic mass is 16.7. The lowest BCUT2D eigenvalue weighted by molar-refractivity contribution is -0.202. The van der Waals surface area contributed by atoms with Gasteiger partial charge in [0.15, 0.2) is 5.90 Å². The van der Waals surface area contributed by atoms with Crippen LogP contribution in [0.5, 0.6) is 0 Å². The average molecular weight is 241 g/mol. The molecule has 3 unspecified atom stereocenters. The van der Waals surface area contributed by atoms with Crippen molar-refractivity contribution in [1.82, 2.24) is 0 Å². The van der Waals surface area contributed by atoms with Crippen molar-refractivity contribution in [3.05, 3.63) is 0 Å². The van der Waals surface area contributed by atoms with Crippen molar-refractivity contribution >= 4 is 11.9 Å². The Morgan fingerprint density at radius 3 is 2.76 bits per heavy atom. The second-order valence-electron chi connectivity index (χ2n) is 4.82. The molecule has 0 aromatic heterocycles. The second kappa shape index (κ2) is 4.64. The molecule has 5 atom stereocenters. The molecule has 0 amide bonds. The van der Waals surface area contributed by atoms with Crippen LogP contribution in [0.2, 0.25) is 0 Å². The Balaban J connectivity index is 2.01. The molecule has 0 aromatic carbocycles. The SMILES string of the molecule is CC(=O)OCC1OC2OC(C)=NC2[C@@H](C)[C@H]1C. The average Bonchev–Trinajstić information content (AvgIpc) is 2.62. The van der Waals surface area contributed by atoms with E-state index in [4.69, 9.17) is 14.2 Å². The van der Waals surface area contributed by atoms with Gasteiger partial charge in [0.1, 0.15) is 12.6 Å². The first-order valence-corrected chi connectivity index (χ1v) is 5.99. The van der Waals surface area contributed by atoms with Crippen molar-refractivity contribution in [3.63, 3.8) is 0 Å². The zero-order chi connectivity index (χ0) is 12.6. The van der Waals surface area contributed by atoms with Crippen LogP contribution in [0.15, 0.2) is 4.99 Å². The highest BCUT2D eigenvalue weighted by Gasteiger charge is 2.45. The number of ether oxygens (including phenoxy) is 3. The molecule has 0 aromatic rings. The fraction of sp³-hybridized carbons (Fsp3) is 0.833. The molecule has 5 nitrogen and oxygen atoms in total. The molecule has 0 spiro atoms. The number of esters is 1. The molecule has 0 N–H and O–H groups in total. The molecule has 1 saturated heterocycles. The predicted molar refractivity (Wildman–Crippen MR) is 61.6 cm³/mol. The van der Waals surface area contributed by atoms with Crippen molar-refractivity contribution in [2.24, 2.45) is 16.8 Å². The summed E-state index contributed by atoms with van der Waals surface area (Å²) in [7, 11) is 0. The molecule has 1 fully saturated rings. The van der Waals surface area contributed by atoms with Crippen molar-refractivity contribution in [2.75, 3.05) is 6.61 Å². The smallest absolute Gasteiger partial charge is 0.302 e. The van der Waals surface area contributed by atoms with E-state index < -0.39 is 0 Å². The first-order valence-electron chi connectivity index (χ1n) is 5.99. The van der Waals surface area contributed by atoms with Crippen LogP contribution in [0.1, 0.15) is 27.7 Å². The Labute approximate surface area is 101 Å². The van der Waals surface area contributed by atoms with Crippen LogP contribution in [0, 0.1) is 11.8 Å². The van der Waals surface area contributed by atoms with Gasteiger partial charge >= 0.3 is 5.97 Å². The van der Waals surface area contributed by atoms with E-state index in [0.29, 0.717) is 11.8 Å². The zero-order valence-corrected chi connectivity index (χ0v) is 10.7. The van der Waals surface area contributed by atoms with Crippen LogP contribution < -0.4 is 0 Å². The van der Waals surface area contributed by atoms with Gasteiger partial charge in [0.05, 0.1) is 6.10 Å². The van der Waals surface area contributed by atoms with Crippen LogP contribution in [0.25, 0.3) is 0 Å². The summed E-state index contributed by atoms with van der Waals surface area (Å²) in [5.74, 6) is 1.03. The molecule has 96 valence electrons. The minimum atomic E-state index is -0.318. The number of carbonyl (C=O) groups excluding carboxylic acids is 1. The topological polar surface area (TPSA) is 57.1 Å². The van der Waals surface area contributed by atoms with Gasteiger partial charge in [0.25, 0.3) is 0 Å². The molecule has 2 rings (SSSR count). The summed E-state index contributed by atoms with van der Waals surface area (Å²) < 4.78 is 16.3. The van der Waals surface area contributed by atoms with Gasteiger partial charge in [-0.3, -0.25) is 4.79 Å². The Hall–Kier alpha value is -1.10. The van der Waals surface area contributed by atoms with Gasteiger partial charge in [0, 0.05) is 13.8 Å². The number of hydrogen-bond donors (Lipinski definition) is 0. The van der Waals surface area contributed by atoms with E-state index in [1.165, 1.54) is 6.92 Å². The lowest BCUT2D eigenvalue weighted by atomic mass is 9.83. The summed E-state index contributed by atoms with van der Waals surface area (Å²) in [6.45, 7) is 7.75. The van der Waals surface area contributed by atoms with Crippen molar-refractivity contribution < 1.29 is 19.0 Å². The number of nitrogens with zero attached hydrogens (tertiary/aromatic N) is 1. The Morgan fingerprint density at radius 1 is 1.41 bits per heavy atom. The monoisotopic (exact) mass is 241 g/mol. The van der Waals surface area contributed by atoms with Gasteiger partial charge in [-0.15, -0.1) is 0 Å².